The van der Waals surface area contributed by atoms with Crippen molar-refractivity contribution >= 4 is 21.6 Å². The summed E-state index contributed by atoms with van der Waals surface area (Å²) in [5.41, 5.74) is -3.09. The standard InChI is InChI=1S/C19H19F3N2O5S/c1-17(2,3)24-30(27,28)13-7-4-11(5-8-13)18(26)14-10-12(29-19(20,21)22)6-9-15(14)23-16(18)25/h4-10,24,26H,1-3H3,(H,23,25). The molecule has 1 heterocycles. The fourth-order valence-corrected chi connectivity index (χ4v) is 4.51. The van der Waals surface area contributed by atoms with Crippen LogP contribution in [-0.4, -0.2) is 31.3 Å². The van der Waals surface area contributed by atoms with Crippen LogP contribution in [0.4, 0.5) is 18.9 Å². The van der Waals surface area contributed by atoms with Crippen molar-refractivity contribution in [1.82, 2.24) is 4.72 Å². The van der Waals surface area contributed by atoms with Gasteiger partial charge in [0.1, 0.15) is 5.75 Å². The lowest BCUT2D eigenvalue weighted by molar-refractivity contribution is -0.274. The second-order valence-corrected chi connectivity index (χ2v) is 9.48. The van der Waals surface area contributed by atoms with E-state index in [0.29, 0.717) is 0 Å². The van der Waals surface area contributed by atoms with Gasteiger partial charge in [-0.3, -0.25) is 4.79 Å². The second-order valence-electron chi connectivity index (χ2n) is 7.80. The van der Waals surface area contributed by atoms with Crippen LogP contribution in [0.3, 0.4) is 0 Å². The van der Waals surface area contributed by atoms with Gasteiger partial charge in [-0.25, -0.2) is 13.1 Å². The second kappa shape index (κ2) is 6.96. The lowest BCUT2D eigenvalue weighted by Gasteiger charge is -2.23. The number of aliphatic hydroxyl groups is 1. The third kappa shape index (κ3) is 4.27. The summed E-state index contributed by atoms with van der Waals surface area (Å²) < 4.78 is 68.8. The van der Waals surface area contributed by atoms with Crippen molar-refractivity contribution in [3.8, 4) is 5.75 Å². The zero-order chi connectivity index (χ0) is 22.5. The number of hydrogen-bond acceptors (Lipinski definition) is 5. The highest BCUT2D eigenvalue weighted by Gasteiger charge is 2.47. The van der Waals surface area contributed by atoms with Crippen molar-refractivity contribution in [3.63, 3.8) is 0 Å². The Bertz CT molecular complexity index is 1090. The summed E-state index contributed by atoms with van der Waals surface area (Å²) in [5.74, 6) is -1.49. The minimum absolute atomic E-state index is 0.0161. The Labute approximate surface area is 170 Å². The molecule has 2 aromatic rings. The topological polar surface area (TPSA) is 105 Å². The molecular formula is C19H19F3N2O5S. The van der Waals surface area contributed by atoms with Gasteiger partial charge in [0.15, 0.2) is 5.60 Å². The highest BCUT2D eigenvalue weighted by Crippen LogP contribution is 2.43. The van der Waals surface area contributed by atoms with Crippen LogP contribution in [-0.2, 0) is 20.4 Å². The van der Waals surface area contributed by atoms with E-state index in [0.717, 1.165) is 12.1 Å². The Kier molecular flexibility index (Phi) is 5.12. The van der Waals surface area contributed by atoms with E-state index >= 15 is 0 Å². The van der Waals surface area contributed by atoms with Crippen LogP contribution in [0.5, 0.6) is 5.75 Å². The number of sulfonamides is 1. The molecule has 3 rings (SSSR count). The van der Waals surface area contributed by atoms with E-state index in [4.69, 9.17) is 0 Å². The largest absolute Gasteiger partial charge is 0.573 e. The minimum Gasteiger partial charge on any atom is -0.406 e. The quantitative estimate of drug-likeness (QED) is 0.673. The number of alkyl halides is 3. The first-order valence-electron chi connectivity index (χ1n) is 8.70. The van der Waals surface area contributed by atoms with E-state index in [1.165, 1.54) is 30.3 Å². The molecular weight excluding hydrogens is 425 g/mol. The number of benzene rings is 2. The summed E-state index contributed by atoms with van der Waals surface area (Å²) >= 11 is 0. The number of carbonyl (C=O) groups is 1. The molecule has 30 heavy (non-hydrogen) atoms. The average Bonchev–Trinajstić information content (AvgIpc) is 2.83. The summed E-state index contributed by atoms with van der Waals surface area (Å²) in [6.07, 6.45) is -4.95. The monoisotopic (exact) mass is 444 g/mol. The van der Waals surface area contributed by atoms with Gasteiger partial charge in [0.05, 0.1) is 4.90 Å². The minimum atomic E-state index is -4.95. The van der Waals surface area contributed by atoms with Gasteiger partial charge < -0.3 is 15.2 Å². The van der Waals surface area contributed by atoms with E-state index in [1.807, 2.05) is 0 Å². The maximum atomic E-state index is 12.5. The number of halogens is 3. The molecule has 0 radical (unpaired) electrons. The van der Waals surface area contributed by atoms with Crippen LogP contribution in [0, 0.1) is 0 Å². The number of rotatable bonds is 4. The molecule has 3 N–H and O–H groups in total. The van der Waals surface area contributed by atoms with Crippen LogP contribution in [0.1, 0.15) is 31.9 Å². The molecule has 2 aromatic carbocycles. The van der Waals surface area contributed by atoms with Crippen molar-refractivity contribution in [2.24, 2.45) is 0 Å². The van der Waals surface area contributed by atoms with Gasteiger partial charge in [0.25, 0.3) is 5.91 Å². The molecule has 0 saturated carbocycles. The van der Waals surface area contributed by atoms with E-state index in [2.05, 4.69) is 14.8 Å². The number of amides is 1. The zero-order valence-electron chi connectivity index (χ0n) is 16.2. The smallest absolute Gasteiger partial charge is 0.406 e. The third-order valence-corrected chi connectivity index (χ3v) is 5.99. The molecule has 0 bridgehead atoms. The lowest BCUT2D eigenvalue weighted by atomic mass is 9.87. The normalized spacial score (nSPS) is 19.4. The summed E-state index contributed by atoms with van der Waals surface area (Å²) in [7, 11) is -3.86. The maximum Gasteiger partial charge on any atom is 0.573 e. The van der Waals surface area contributed by atoms with Crippen LogP contribution in [0.25, 0.3) is 0 Å². The molecule has 0 aliphatic carbocycles. The average molecular weight is 444 g/mol. The van der Waals surface area contributed by atoms with E-state index in [9.17, 15) is 31.5 Å². The molecule has 11 heteroatoms. The van der Waals surface area contributed by atoms with Crippen molar-refractivity contribution < 1.29 is 36.2 Å². The van der Waals surface area contributed by atoms with Crippen LogP contribution in [0.15, 0.2) is 47.4 Å². The van der Waals surface area contributed by atoms with Crippen molar-refractivity contribution in [3.05, 3.63) is 53.6 Å². The van der Waals surface area contributed by atoms with Gasteiger partial charge >= 0.3 is 6.36 Å². The van der Waals surface area contributed by atoms with Gasteiger partial charge in [0, 0.05) is 16.8 Å². The first-order chi connectivity index (χ1) is 13.6. The van der Waals surface area contributed by atoms with Crippen molar-refractivity contribution in [1.29, 1.82) is 0 Å². The summed E-state index contributed by atoms with van der Waals surface area (Å²) in [5, 5.41) is 13.5. The maximum absolute atomic E-state index is 12.5. The molecule has 1 aliphatic heterocycles. The van der Waals surface area contributed by atoms with Crippen LogP contribution in [0.2, 0.25) is 0 Å². The Morgan fingerprint density at radius 3 is 2.20 bits per heavy atom. The summed E-state index contributed by atoms with van der Waals surface area (Å²) in [4.78, 5) is 12.4. The van der Waals surface area contributed by atoms with Crippen molar-refractivity contribution in [2.75, 3.05) is 5.32 Å². The molecule has 162 valence electrons. The molecule has 0 saturated heterocycles. The molecule has 0 fully saturated rings. The molecule has 0 aromatic heterocycles. The van der Waals surface area contributed by atoms with Gasteiger partial charge in [0.2, 0.25) is 10.0 Å². The van der Waals surface area contributed by atoms with Gasteiger partial charge in [-0.05, 0) is 56.7 Å². The third-order valence-electron chi connectivity index (χ3n) is 4.21. The number of ether oxygens (including phenoxy) is 1. The predicted molar refractivity (Wildman–Crippen MR) is 101 cm³/mol. The van der Waals surface area contributed by atoms with Crippen molar-refractivity contribution in [2.45, 2.75) is 43.2 Å². The van der Waals surface area contributed by atoms with Crippen LogP contribution < -0.4 is 14.8 Å². The number of fused-ring (bicyclic) bond motifs is 1. The number of hydrogen-bond donors (Lipinski definition) is 3. The molecule has 1 amide bonds. The highest BCUT2D eigenvalue weighted by atomic mass is 32.2. The Morgan fingerprint density at radius 2 is 1.67 bits per heavy atom. The SMILES string of the molecule is CC(C)(C)NS(=O)(=O)c1ccc(C2(O)C(=O)Nc3ccc(OC(F)(F)F)cc32)cc1. The summed E-state index contributed by atoms with van der Waals surface area (Å²) in [6, 6.07) is 7.94. The lowest BCUT2D eigenvalue weighted by Crippen LogP contribution is -2.40. The molecule has 7 nitrogen and oxygen atoms in total. The molecule has 1 unspecified atom stereocenters. The van der Waals surface area contributed by atoms with Gasteiger partial charge in [-0.1, -0.05) is 12.1 Å². The zero-order valence-corrected chi connectivity index (χ0v) is 17.0. The van der Waals surface area contributed by atoms with E-state index in [-0.39, 0.29) is 21.7 Å². The predicted octanol–water partition coefficient (Wildman–Crippen LogP) is 2.85. The number of nitrogens with one attached hydrogen (secondary N) is 2. The van der Waals surface area contributed by atoms with Gasteiger partial charge in [-0.2, -0.15) is 0 Å². The highest BCUT2D eigenvalue weighted by molar-refractivity contribution is 7.89. The molecule has 1 atom stereocenters. The molecule has 1 aliphatic rings. The fraction of sp³-hybridized carbons (Fsp3) is 0.316. The van der Waals surface area contributed by atoms with Crippen LogP contribution >= 0.6 is 0 Å². The Morgan fingerprint density at radius 1 is 1.07 bits per heavy atom. The Balaban J connectivity index is 2.00. The number of carbonyl (C=O) groups excluding carboxylic acids is 1. The fourth-order valence-electron chi connectivity index (χ4n) is 3.09. The Hall–Kier alpha value is -2.63. The van der Waals surface area contributed by atoms with E-state index < -0.39 is 39.2 Å². The summed E-state index contributed by atoms with van der Waals surface area (Å²) in [6.45, 7) is 5.01. The van der Waals surface area contributed by atoms with E-state index in [1.54, 1.807) is 20.8 Å². The first-order valence-corrected chi connectivity index (χ1v) is 10.2. The molecule has 0 spiro atoms. The number of anilines is 1. The van der Waals surface area contributed by atoms with Gasteiger partial charge in [-0.15, -0.1) is 13.2 Å². The first kappa shape index (κ1) is 22.1.